The Balaban J connectivity index is 1.37. The van der Waals surface area contributed by atoms with Crippen LogP contribution in [0.2, 0.25) is 5.02 Å². The van der Waals surface area contributed by atoms with Crippen molar-refractivity contribution in [2.45, 2.75) is 29.8 Å². The van der Waals surface area contributed by atoms with Crippen LogP contribution >= 0.6 is 23.4 Å². The number of halogens is 1. The summed E-state index contributed by atoms with van der Waals surface area (Å²) in [4.78, 5) is 24.2. The van der Waals surface area contributed by atoms with Crippen LogP contribution in [-0.2, 0) is 18.6 Å². The first-order valence-electron chi connectivity index (χ1n) is 10.2. The monoisotopic (exact) mass is 447 g/mol. The molecule has 0 spiro atoms. The smallest absolute Gasteiger partial charge is 0.257 e. The molecule has 4 heterocycles. The fourth-order valence-electron chi connectivity index (χ4n) is 4.51. The van der Waals surface area contributed by atoms with E-state index in [2.05, 4.69) is 28.2 Å². The number of hydrogen-bond acceptors (Lipinski definition) is 5. The number of nitrogens with zero attached hydrogens (tertiary/aromatic N) is 5. The molecule has 2 aromatic heterocycles. The molecule has 6 rings (SSSR count). The van der Waals surface area contributed by atoms with Crippen LogP contribution in [0.15, 0.2) is 59.9 Å². The van der Waals surface area contributed by atoms with E-state index in [9.17, 15) is 4.79 Å². The maximum atomic E-state index is 13.3. The van der Waals surface area contributed by atoms with E-state index >= 15 is 0 Å². The number of thioether (sulfide) groups is 1. The molecule has 0 fully saturated rings. The summed E-state index contributed by atoms with van der Waals surface area (Å²) in [5.74, 6) is 1.21. The fraction of sp³-hybridized carbons (Fsp3) is 0.217. The van der Waals surface area contributed by atoms with Gasteiger partial charge in [-0.2, -0.15) is 9.50 Å². The molecule has 1 amide bonds. The normalized spacial score (nSPS) is 17.4. The van der Waals surface area contributed by atoms with Crippen LogP contribution in [0, 0.1) is 0 Å². The number of amides is 1. The fourth-order valence-corrected chi connectivity index (χ4v) is 5.61. The van der Waals surface area contributed by atoms with Crippen LogP contribution in [-0.4, -0.2) is 36.9 Å². The Morgan fingerprint density at radius 1 is 1.13 bits per heavy atom. The third-order valence-electron chi connectivity index (χ3n) is 6.05. The predicted molar refractivity (Wildman–Crippen MR) is 119 cm³/mol. The van der Waals surface area contributed by atoms with Crippen LogP contribution in [0.4, 0.5) is 0 Å². The zero-order valence-corrected chi connectivity index (χ0v) is 18.1. The lowest BCUT2D eigenvalue weighted by atomic mass is 9.86. The van der Waals surface area contributed by atoms with E-state index in [0.717, 1.165) is 29.2 Å². The van der Waals surface area contributed by atoms with E-state index in [1.165, 1.54) is 22.9 Å². The van der Waals surface area contributed by atoms with Gasteiger partial charge in [-0.15, -0.1) is 5.10 Å². The molecular weight excluding hydrogens is 430 g/mol. The SMILES string of the molecule is O=C1c2cnc3nc(SCc4ccccc4Cl)nn3c2CC2c3ccccc3CCN12. The average molecular weight is 448 g/mol. The van der Waals surface area contributed by atoms with Crippen LogP contribution < -0.4 is 0 Å². The minimum atomic E-state index is 0.0240. The topological polar surface area (TPSA) is 63.4 Å². The van der Waals surface area contributed by atoms with Gasteiger partial charge in [0.2, 0.25) is 5.16 Å². The minimum absolute atomic E-state index is 0.0240. The van der Waals surface area contributed by atoms with Crippen molar-refractivity contribution >= 4 is 35.0 Å². The first-order chi connectivity index (χ1) is 15.2. The van der Waals surface area contributed by atoms with Gasteiger partial charge in [0.1, 0.15) is 0 Å². The molecule has 0 saturated carbocycles. The Kier molecular flexibility index (Phi) is 4.47. The molecule has 0 bridgehead atoms. The first-order valence-corrected chi connectivity index (χ1v) is 11.5. The Morgan fingerprint density at radius 3 is 2.87 bits per heavy atom. The molecule has 1 unspecified atom stereocenters. The van der Waals surface area contributed by atoms with Crippen LogP contribution in [0.25, 0.3) is 5.78 Å². The summed E-state index contributed by atoms with van der Waals surface area (Å²) in [6.07, 6.45) is 3.24. The summed E-state index contributed by atoms with van der Waals surface area (Å²) in [5.41, 5.74) is 5.08. The molecule has 2 aliphatic rings. The highest BCUT2D eigenvalue weighted by Gasteiger charge is 2.38. The zero-order chi connectivity index (χ0) is 20.9. The summed E-state index contributed by atoms with van der Waals surface area (Å²) >= 11 is 7.79. The number of fused-ring (bicyclic) bond motifs is 6. The van der Waals surface area contributed by atoms with Gasteiger partial charge < -0.3 is 4.90 Å². The van der Waals surface area contributed by atoms with Gasteiger partial charge in [0.25, 0.3) is 11.7 Å². The van der Waals surface area contributed by atoms with Crippen molar-refractivity contribution in [3.8, 4) is 0 Å². The molecule has 154 valence electrons. The van der Waals surface area contributed by atoms with Crippen LogP contribution in [0.1, 0.15) is 38.8 Å². The Hall–Kier alpha value is -2.90. The molecule has 4 aromatic rings. The number of rotatable bonds is 3. The summed E-state index contributed by atoms with van der Waals surface area (Å²) in [6.45, 7) is 0.730. The number of carbonyl (C=O) groups is 1. The van der Waals surface area contributed by atoms with Crippen LogP contribution in [0.5, 0.6) is 0 Å². The third-order valence-corrected chi connectivity index (χ3v) is 7.31. The van der Waals surface area contributed by atoms with E-state index in [0.29, 0.717) is 28.7 Å². The van der Waals surface area contributed by atoms with Gasteiger partial charge in [-0.3, -0.25) is 4.79 Å². The molecule has 6 nitrogen and oxygen atoms in total. The van der Waals surface area contributed by atoms with E-state index in [1.807, 2.05) is 35.2 Å². The van der Waals surface area contributed by atoms with Gasteiger partial charge >= 0.3 is 0 Å². The lowest BCUT2D eigenvalue weighted by Crippen LogP contribution is -2.45. The summed E-state index contributed by atoms with van der Waals surface area (Å²) in [6, 6.07) is 16.2. The maximum absolute atomic E-state index is 13.3. The number of hydrogen-bond donors (Lipinski definition) is 0. The lowest BCUT2D eigenvalue weighted by molar-refractivity contribution is 0.0626. The number of carbonyl (C=O) groups excluding carboxylic acids is 1. The predicted octanol–water partition coefficient (Wildman–Crippen LogP) is 4.37. The summed E-state index contributed by atoms with van der Waals surface area (Å²) in [7, 11) is 0. The first kappa shape index (κ1) is 18.8. The van der Waals surface area contributed by atoms with Crippen molar-refractivity contribution in [2.24, 2.45) is 0 Å². The quantitative estimate of drug-likeness (QED) is 0.436. The van der Waals surface area contributed by atoms with E-state index in [-0.39, 0.29) is 11.9 Å². The van der Waals surface area contributed by atoms with E-state index in [1.54, 1.807) is 10.7 Å². The second-order valence-electron chi connectivity index (χ2n) is 7.77. The zero-order valence-electron chi connectivity index (χ0n) is 16.5. The van der Waals surface area contributed by atoms with Crippen molar-refractivity contribution in [2.75, 3.05) is 6.54 Å². The van der Waals surface area contributed by atoms with Gasteiger partial charge in [-0.25, -0.2) is 4.98 Å². The molecule has 2 aliphatic heterocycles. The largest absolute Gasteiger partial charge is 0.331 e. The second-order valence-corrected chi connectivity index (χ2v) is 9.12. The number of benzene rings is 2. The Morgan fingerprint density at radius 2 is 1.97 bits per heavy atom. The van der Waals surface area contributed by atoms with Gasteiger partial charge in [0.05, 0.1) is 17.3 Å². The van der Waals surface area contributed by atoms with Crippen molar-refractivity contribution in [3.63, 3.8) is 0 Å². The van der Waals surface area contributed by atoms with Gasteiger partial charge in [-0.05, 0) is 29.2 Å². The molecule has 2 aromatic carbocycles. The minimum Gasteiger partial charge on any atom is -0.331 e. The molecule has 1 atom stereocenters. The molecule has 8 heteroatoms. The van der Waals surface area contributed by atoms with Crippen molar-refractivity contribution < 1.29 is 4.79 Å². The summed E-state index contributed by atoms with van der Waals surface area (Å²) in [5, 5.41) is 6.05. The van der Waals surface area contributed by atoms with E-state index < -0.39 is 0 Å². The Labute approximate surface area is 188 Å². The maximum Gasteiger partial charge on any atom is 0.257 e. The molecule has 31 heavy (non-hydrogen) atoms. The highest BCUT2D eigenvalue weighted by atomic mass is 35.5. The highest BCUT2D eigenvalue weighted by Crippen LogP contribution is 2.38. The molecule has 0 saturated heterocycles. The summed E-state index contributed by atoms with van der Waals surface area (Å²) < 4.78 is 1.75. The Bertz CT molecular complexity index is 1340. The van der Waals surface area contributed by atoms with Gasteiger partial charge in [-0.1, -0.05) is 65.8 Å². The van der Waals surface area contributed by atoms with Crippen molar-refractivity contribution in [1.29, 1.82) is 0 Å². The third kappa shape index (κ3) is 3.11. The van der Waals surface area contributed by atoms with Crippen molar-refractivity contribution in [1.82, 2.24) is 24.5 Å². The molecule has 0 radical (unpaired) electrons. The van der Waals surface area contributed by atoms with E-state index in [4.69, 9.17) is 16.7 Å². The van der Waals surface area contributed by atoms with Crippen LogP contribution in [0.3, 0.4) is 0 Å². The lowest BCUT2D eigenvalue weighted by Gasteiger charge is -2.40. The second kappa shape index (κ2) is 7.35. The average Bonchev–Trinajstić information content (AvgIpc) is 3.22. The highest BCUT2D eigenvalue weighted by molar-refractivity contribution is 7.98. The number of aromatic nitrogens is 4. The standard InChI is InChI=1S/C23H18ClN5OS/c24-18-8-4-2-6-15(18)13-31-23-26-22-25-12-17-20(29(22)27-23)11-19-16-7-3-1-5-14(16)9-10-28(19)21(17)30/h1-8,12,19H,9-11,13H2. The molecule has 0 N–H and O–H groups in total. The van der Waals surface area contributed by atoms with Gasteiger partial charge in [0, 0.05) is 29.9 Å². The molecular formula is C23H18ClN5OS. The van der Waals surface area contributed by atoms with Gasteiger partial charge in [0.15, 0.2) is 0 Å². The van der Waals surface area contributed by atoms with Crippen molar-refractivity contribution in [3.05, 3.63) is 87.7 Å². The molecule has 0 aliphatic carbocycles.